The van der Waals surface area contributed by atoms with Crippen LogP contribution in [0, 0.1) is 0 Å². The Bertz CT molecular complexity index is 279. The van der Waals surface area contributed by atoms with Crippen molar-refractivity contribution < 1.29 is 8.62 Å². The first kappa shape index (κ1) is 10.0. The Morgan fingerprint density at radius 1 is 1.46 bits per heavy atom. The van der Waals surface area contributed by atoms with Crippen molar-refractivity contribution in [3.05, 3.63) is 35.9 Å². The number of nitrogens with zero attached hydrogens (tertiary/aromatic N) is 1. The molecule has 5 heteroatoms. The van der Waals surface area contributed by atoms with Gasteiger partial charge in [-0.2, -0.15) is 0 Å². The summed E-state index contributed by atoms with van der Waals surface area (Å²) in [5.41, 5.74) is 0.947. The lowest BCUT2D eigenvalue weighted by molar-refractivity contribution is 0.161. The molecular formula is C8H9BrN2O2. The number of hydrogen-bond donors (Lipinski definition) is 1. The maximum Gasteiger partial charge on any atom is 0.436 e. The first-order chi connectivity index (χ1) is 6.24. The fourth-order valence-electron chi connectivity index (χ4n) is 0.889. The minimum absolute atomic E-state index is 0.325. The van der Waals surface area contributed by atoms with Gasteiger partial charge in [0, 0.05) is 0 Å². The number of amides is 1. The molecule has 0 fully saturated rings. The third-order valence-corrected chi connectivity index (χ3v) is 1.77. The number of nitrogens with two attached hydrogens (primary N) is 1. The monoisotopic (exact) mass is 244 g/mol. The lowest BCUT2D eigenvalue weighted by Gasteiger charge is -2.13. The molecule has 1 aromatic carbocycles. The van der Waals surface area contributed by atoms with Crippen LogP contribution >= 0.6 is 16.3 Å². The molecule has 0 spiro atoms. The molecule has 0 aliphatic carbocycles. The van der Waals surface area contributed by atoms with Gasteiger partial charge in [-0.3, -0.25) is 0 Å². The zero-order valence-corrected chi connectivity index (χ0v) is 8.40. The summed E-state index contributed by atoms with van der Waals surface area (Å²) < 4.78 is 4.26. The van der Waals surface area contributed by atoms with Gasteiger partial charge in [0.1, 0.15) is 0 Å². The van der Waals surface area contributed by atoms with Crippen molar-refractivity contribution in [2.24, 2.45) is 5.84 Å². The summed E-state index contributed by atoms with van der Waals surface area (Å²) in [5, 5.41) is 0.976. The van der Waals surface area contributed by atoms with Crippen LogP contribution in [-0.2, 0) is 10.4 Å². The molecule has 0 heterocycles. The standard InChI is InChI=1S/C8H9BrN2O2/c9-13-8(12)11(10)6-7-4-2-1-3-5-7/h1-5H,6,10H2. The fraction of sp³-hybridized carbons (Fsp3) is 0.125. The highest BCUT2D eigenvalue weighted by molar-refractivity contribution is 9.06. The van der Waals surface area contributed by atoms with Gasteiger partial charge in [-0.1, -0.05) is 30.3 Å². The fourth-order valence-corrected chi connectivity index (χ4v) is 1.07. The number of rotatable bonds is 2. The molecule has 1 aromatic rings. The molecule has 0 unspecified atom stereocenters. The minimum atomic E-state index is -0.621. The molecule has 2 N–H and O–H groups in total. The highest BCUT2D eigenvalue weighted by Crippen LogP contribution is 2.03. The zero-order chi connectivity index (χ0) is 9.68. The normalized spacial score (nSPS) is 9.38. The lowest BCUT2D eigenvalue weighted by atomic mass is 10.2. The molecule has 0 atom stereocenters. The van der Waals surface area contributed by atoms with Crippen molar-refractivity contribution in [3.63, 3.8) is 0 Å². The van der Waals surface area contributed by atoms with Gasteiger partial charge in [-0.25, -0.2) is 15.6 Å². The molecule has 0 bridgehead atoms. The van der Waals surface area contributed by atoms with E-state index in [0.717, 1.165) is 10.6 Å². The maximum absolute atomic E-state index is 10.8. The van der Waals surface area contributed by atoms with Crippen LogP contribution in [0.5, 0.6) is 0 Å². The topological polar surface area (TPSA) is 55.6 Å². The Labute approximate surface area is 84.7 Å². The molecule has 0 radical (unpaired) electrons. The molecule has 1 rings (SSSR count). The maximum atomic E-state index is 10.8. The summed E-state index contributed by atoms with van der Waals surface area (Å²) in [4.78, 5) is 10.8. The SMILES string of the molecule is NN(Cc1ccccc1)C(=O)OBr. The summed E-state index contributed by atoms with van der Waals surface area (Å²) in [6.07, 6.45) is -0.621. The summed E-state index contributed by atoms with van der Waals surface area (Å²) in [6.45, 7) is 0.325. The molecule has 13 heavy (non-hydrogen) atoms. The van der Waals surface area contributed by atoms with E-state index < -0.39 is 6.09 Å². The van der Waals surface area contributed by atoms with Crippen molar-refractivity contribution in [3.8, 4) is 0 Å². The van der Waals surface area contributed by atoms with Crippen molar-refractivity contribution in [2.45, 2.75) is 6.54 Å². The minimum Gasteiger partial charge on any atom is -0.366 e. The van der Waals surface area contributed by atoms with Crippen molar-refractivity contribution >= 4 is 22.4 Å². The molecular weight excluding hydrogens is 236 g/mol. The van der Waals surface area contributed by atoms with Crippen molar-refractivity contribution in [1.29, 1.82) is 0 Å². The number of carbonyl (C=O) groups excluding carboxylic acids is 1. The highest BCUT2D eigenvalue weighted by Gasteiger charge is 2.09. The van der Waals surface area contributed by atoms with Gasteiger partial charge in [-0.05, 0) is 5.56 Å². The van der Waals surface area contributed by atoms with Crippen LogP contribution in [0.4, 0.5) is 4.79 Å². The molecule has 0 saturated heterocycles. The van der Waals surface area contributed by atoms with Crippen LogP contribution in [0.25, 0.3) is 0 Å². The third kappa shape index (κ3) is 3.04. The third-order valence-electron chi connectivity index (χ3n) is 1.50. The average molecular weight is 245 g/mol. The second kappa shape index (κ2) is 4.84. The Morgan fingerprint density at radius 2 is 2.08 bits per heavy atom. The van der Waals surface area contributed by atoms with E-state index in [1.54, 1.807) is 0 Å². The summed E-state index contributed by atoms with van der Waals surface area (Å²) in [5.74, 6) is 5.39. The summed E-state index contributed by atoms with van der Waals surface area (Å²) >= 11 is 2.56. The molecule has 0 aromatic heterocycles. The highest BCUT2D eigenvalue weighted by atomic mass is 79.9. The number of halogens is 1. The lowest BCUT2D eigenvalue weighted by Crippen LogP contribution is -2.35. The Kier molecular flexibility index (Phi) is 3.72. The van der Waals surface area contributed by atoms with Crippen LogP contribution in [0.2, 0.25) is 0 Å². The molecule has 0 aliphatic heterocycles. The van der Waals surface area contributed by atoms with E-state index in [1.165, 1.54) is 0 Å². The quantitative estimate of drug-likeness (QED) is 0.491. The van der Waals surface area contributed by atoms with E-state index in [2.05, 4.69) is 20.1 Å². The number of benzene rings is 1. The van der Waals surface area contributed by atoms with Crippen molar-refractivity contribution in [2.75, 3.05) is 0 Å². The largest absolute Gasteiger partial charge is 0.436 e. The van der Waals surface area contributed by atoms with Gasteiger partial charge < -0.3 is 3.83 Å². The zero-order valence-electron chi connectivity index (χ0n) is 6.81. The predicted octanol–water partition coefficient (Wildman–Crippen LogP) is 1.81. The molecule has 0 aliphatic rings. The molecule has 70 valence electrons. The summed E-state index contributed by atoms with van der Waals surface area (Å²) in [6, 6.07) is 9.40. The predicted molar refractivity (Wildman–Crippen MR) is 51.6 cm³/mol. The number of hydrogen-bond acceptors (Lipinski definition) is 3. The van der Waals surface area contributed by atoms with E-state index >= 15 is 0 Å². The number of carbonyl (C=O) groups is 1. The average Bonchev–Trinajstić information content (AvgIpc) is 2.18. The second-order valence-corrected chi connectivity index (χ2v) is 2.78. The number of hydrazine groups is 1. The van der Waals surface area contributed by atoms with Gasteiger partial charge in [0.05, 0.1) is 6.54 Å². The second-order valence-electron chi connectivity index (χ2n) is 2.46. The Morgan fingerprint density at radius 3 is 2.62 bits per heavy atom. The van der Waals surface area contributed by atoms with Gasteiger partial charge in [0.25, 0.3) is 0 Å². The van der Waals surface area contributed by atoms with Gasteiger partial charge in [0.2, 0.25) is 0 Å². The van der Waals surface area contributed by atoms with E-state index in [9.17, 15) is 4.79 Å². The van der Waals surface area contributed by atoms with Crippen LogP contribution in [0.3, 0.4) is 0 Å². The van der Waals surface area contributed by atoms with E-state index in [1.807, 2.05) is 30.3 Å². The van der Waals surface area contributed by atoms with Crippen molar-refractivity contribution in [1.82, 2.24) is 5.01 Å². The Hall–Kier alpha value is -1.07. The van der Waals surface area contributed by atoms with Crippen LogP contribution in [0.15, 0.2) is 30.3 Å². The van der Waals surface area contributed by atoms with Gasteiger partial charge >= 0.3 is 6.09 Å². The van der Waals surface area contributed by atoms with E-state index in [4.69, 9.17) is 5.84 Å². The Balaban J connectivity index is 2.55. The van der Waals surface area contributed by atoms with Crippen LogP contribution in [0.1, 0.15) is 5.56 Å². The molecule has 1 amide bonds. The smallest absolute Gasteiger partial charge is 0.366 e. The van der Waals surface area contributed by atoms with Gasteiger partial charge in [-0.15, -0.1) is 0 Å². The molecule has 0 saturated carbocycles. The van der Waals surface area contributed by atoms with Crippen LogP contribution < -0.4 is 5.84 Å². The van der Waals surface area contributed by atoms with E-state index in [0.29, 0.717) is 6.54 Å². The van der Waals surface area contributed by atoms with E-state index in [-0.39, 0.29) is 0 Å². The van der Waals surface area contributed by atoms with Crippen LogP contribution in [-0.4, -0.2) is 11.1 Å². The first-order valence-electron chi connectivity index (χ1n) is 3.62. The van der Waals surface area contributed by atoms with Gasteiger partial charge in [0.15, 0.2) is 16.3 Å². The molecule has 4 nitrogen and oxygen atoms in total. The summed E-state index contributed by atoms with van der Waals surface area (Å²) in [7, 11) is 0. The first-order valence-corrected chi connectivity index (χ1v) is 4.27.